The minimum Gasteiger partial charge on any atom is -0.480 e. The van der Waals surface area contributed by atoms with E-state index in [1.54, 1.807) is 4.68 Å². The molecule has 0 atom stereocenters. The van der Waals surface area contributed by atoms with Gasteiger partial charge in [0.25, 0.3) is 0 Å². The topological polar surface area (TPSA) is 124 Å². The molecule has 11 heteroatoms. The second-order valence-corrected chi connectivity index (χ2v) is 4.56. The summed E-state index contributed by atoms with van der Waals surface area (Å²) in [4.78, 5) is 10.6. The Bertz CT molecular complexity index is 552. The van der Waals surface area contributed by atoms with Gasteiger partial charge in [-0.3, -0.25) is 4.79 Å². The molecule has 0 radical (unpaired) electrons. The first-order valence-electron chi connectivity index (χ1n) is 5.56. The molecule has 0 bridgehead atoms. The van der Waals surface area contributed by atoms with Crippen molar-refractivity contribution < 1.29 is 9.90 Å². The van der Waals surface area contributed by atoms with E-state index in [1.807, 2.05) is 6.92 Å². The summed E-state index contributed by atoms with van der Waals surface area (Å²) in [7, 11) is 0. The molecule has 0 aliphatic rings. The van der Waals surface area contributed by atoms with Crippen molar-refractivity contribution in [2.24, 2.45) is 0 Å². The number of aryl methyl sites for hydroxylation is 1. The first-order valence-corrected chi connectivity index (χ1v) is 6.55. The monoisotopic (exact) mass is 284 g/mol. The van der Waals surface area contributed by atoms with Crippen LogP contribution in [0.4, 0.5) is 0 Å². The number of carboxylic acids is 1. The summed E-state index contributed by atoms with van der Waals surface area (Å²) in [6.45, 7) is 2.50. The Balaban J connectivity index is 2.00. The molecule has 2 aromatic rings. The Morgan fingerprint density at radius 2 is 2.00 bits per heavy atom. The van der Waals surface area contributed by atoms with Crippen LogP contribution in [-0.4, -0.2) is 51.5 Å². The van der Waals surface area contributed by atoms with Crippen molar-refractivity contribution in [1.82, 2.24) is 40.4 Å². The number of rotatable bonds is 7. The maximum Gasteiger partial charge on any atom is 0.325 e. The molecule has 0 spiro atoms. The molecule has 0 fully saturated rings. The third kappa shape index (κ3) is 3.47. The highest BCUT2D eigenvalue weighted by molar-refractivity contribution is 7.98. The van der Waals surface area contributed by atoms with Crippen LogP contribution < -0.4 is 0 Å². The van der Waals surface area contributed by atoms with Crippen LogP contribution in [0.2, 0.25) is 0 Å². The summed E-state index contributed by atoms with van der Waals surface area (Å²) in [6.07, 6.45) is 0.930. The third-order valence-electron chi connectivity index (χ3n) is 2.16. The Morgan fingerprint density at radius 3 is 2.74 bits per heavy atom. The average Bonchev–Trinajstić information content (AvgIpc) is 2.96. The van der Waals surface area contributed by atoms with Crippen molar-refractivity contribution in [2.75, 3.05) is 0 Å². The molecule has 0 saturated heterocycles. The standard InChI is InChI=1S/C8H12N8O2S/c1-2-3-15-6(9-11-13-15)5-19-8-10-12-14-16(8)4-7(17)18/h2-5H2,1H3,(H,17,18). The van der Waals surface area contributed by atoms with Crippen LogP contribution in [0.15, 0.2) is 5.16 Å². The molecule has 19 heavy (non-hydrogen) atoms. The van der Waals surface area contributed by atoms with Gasteiger partial charge in [0.15, 0.2) is 5.82 Å². The van der Waals surface area contributed by atoms with Crippen molar-refractivity contribution in [1.29, 1.82) is 0 Å². The van der Waals surface area contributed by atoms with Crippen molar-refractivity contribution in [3.05, 3.63) is 5.82 Å². The van der Waals surface area contributed by atoms with Gasteiger partial charge in [-0.25, -0.2) is 9.36 Å². The van der Waals surface area contributed by atoms with Gasteiger partial charge in [-0.05, 0) is 27.3 Å². The highest BCUT2D eigenvalue weighted by Crippen LogP contribution is 2.18. The van der Waals surface area contributed by atoms with E-state index in [9.17, 15) is 4.79 Å². The van der Waals surface area contributed by atoms with Crippen LogP contribution in [-0.2, 0) is 23.6 Å². The lowest BCUT2D eigenvalue weighted by Gasteiger charge is -2.02. The molecular weight excluding hydrogens is 272 g/mol. The molecule has 102 valence electrons. The predicted molar refractivity (Wildman–Crippen MR) is 63.1 cm³/mol. The number of aliphatic carboxylic acids is 1. The van der Waals surface area contributed by atoms with E-state index in [2.05, 4.69) is 31.1 Å². The van der Waals surface area contributed by atoms with Crippen LogP contribution in [0, 0.1) is 0 Å². The zero-order chi connectivity index (χ0) is 13.7. The number of thioether (sulfide) groups is 1. The first kappa shape index (κ1) is 13.4. The minimum atomic E-state index is -0.995. The summed E-state index contributed by atoms with van der Waals surface area (Å²) < 4.78 is 2.93. The minimum absolute atomic E-state index is 0.269. The normalized spacial score (nSPS) is 10.8. The van der Waals surface area contributed by atoms with Gasteiger partial charge in [-0.1, -0.05) is 18.7 Å². The van der Waals surface area contributed by atoms with Crippen LogP contribution >= 0.6 is 11.8 Å². The second-order valence-electron chi connectivity index (χ2n) is 3.62. The summed E-state index contributed by atoms with van der Waals surface area (Å²) in [5.41, 5.74) is 0. The summed E-state index contributed by atoms with van der Waals surface area (Å²) in [6, 6.07) is 0. The number of hydrogen-bond donors (Lipinski definition) is 1. The lowest BCUT2D eigenvalue weighted by atomic mass is 10.5. The largest absolute Gasteiger partial charge is 0.480 e. The summed E-state index contributed by atoms with van der Waals surface area (Å²) >= 11 is 1.29. The van der Waals surface area contributed by atoms with E-state index < -0.39 is 5.97 Å². The maximum atomic E-state index is 10.6. The SMILES string of the molecule is CCCn1nnnc1CSc1nnnn1CC(=O)O. The molecule has 2 rings (SSSR count). The Labute approximate surface area is 112 Å². The number of aromatic nitrogens is 8. The third-order valence-corrected chi connectivity index (χ3v) is 3.11. The highest BCUT2D eigenvalue weighted by Gasteiger charge is 2.12. The number of carboxylic acid groups (broad SMARTS) is 1. The van der Waals surface area contributed by atoms with Crippen LogP contribution in [0.3, 0.4) is 0 Å². The average molecular weight is 284 g/mol. The highest BCUT2D eigenvalue weighted by atomic mass is 32.2. The Morgan fingerprint density at radius 1 is 1.26 bits per heavy atom. The van der Waals surface area contributed by atoms with Gasteiger partial charge < -0.3 is 5.11 Å². The Hall–Kier alpha value is -2.04. The lowest BCUT2D eigenvalue weighted by Crippen LogP contribution is -2.11. The fraction of sp³-hybridized carbons (Fsp3) is 0.625. The van der Waals surface area contributed by atoms with Gasteiger partial charge >= 0.3 is 5.97 Å². The van der Waals surface area contributed by atoms with E-state index in [1.165, 1.54) is 16.4 Å². The van der Waals surface area contributed by atoms with Crippen molar-refractivity contribution in [3.63, 3.8) is 0 Å². The van der Waals surface area contributed by atoms with Crippen molar-refractivity contribution in [3.8, 4) is 0 Å². The zero-order valence-electron chi connectivity index (χ0n) is 10.2. The fourth-order valence-electron chi connectivity index (χ4n) is 1.37. The summed E-state index contributed by atoms with van der Waals surface area (Å²) in [5, 5.41) is 31.4. The van der Waals surface area contributed by atoms with Gasteiger partial charge in [0, 0.05) is 6.54 Å². The predicted octanol–water partition coefficient (Wildman–Crippen LogP) is -0.554. The second kappa shape index (κ2) is 6.22. The lowest BCUT2D eigenvalue weighted by molar-refractivity contribution is -0.138. The van der Waals surface area contributed by atoms with E-state index in [4.69, 9.17) is 5.11 Å². The first-order chi connectivity index (χ1) is 9.20. The maximum absolute atomic E-state index is 10.6. The quantitative estimate of drug-likeness (QED) is 0.666. The van der Waals surface area contributed by atoms with Gasteiger partial charge in [0.1, 0.15) is 6.54 Å². The van der Waals surface area contributed by atoms with E-state index >= 15 is 0 Å². The Kier molecular flexibility index (Phi) is 4.39. The molecule has 2 heterocycles. The van der Waals surface area contributed by atoms with Gasteiger partial charge in [0.2, 0.25) is 5.16 Å². The van der Waals surface area contributed by atoms with Crippen LogP contribution in [0.5, 0.6) is 0 Å². The van der Waals surface area contributed by atoms with E-state index in [0.717, 1.165) is 13.0 Å². The molecule has 1 N–H and O–H groups in total. The van der Waals surface area contributed by atoms with E-state index in [0.29, 0.717) is 16.7 Å². The number of carbonyl (C=O) groups is 1. The molecule has 2 aromatic heterocycles. The van der Waals surface area contributed by atoms with Gasteiger partial charge in [0.05, 0.1) is 5.75 Å². The molecule has 0 aliphatic heterocycles. The van der Waals surface area contributed by atoms with E-state index in [-0.39, 0.29) is 6.54 Å². The molecule has 0 saturated carbocycles. The molecular formula is C8H12N8O2S. The number of nitrogens with zero attached hydrogens (tertiary/aromatic N) is 8. The van der Waals surface area contributed by atoms with Crippen molar-refractivity contribution >= 4 is 17.7 Å². The molecule has 0 aliphatic carbocycles. The number of tetrazole rings is 2. The number of hydrogen-bond acceptors (Lipinski definition) is 8. The molecule has 0 amide bonds. The fourth-order valence-corrected chi connectivity index (χ4v) is 2.18. The zero-order valence-corrected chi connectivity index (χ0v) is 11.0. The van der Waals surface area contributed by atoms with Gasteiger partial charge in [-0.15, -0.1) is 10.2 Å². The molecule has 0 aromatic carbocycles. The molecule has 10 nitrogen and oxygen atoms in total. The van der Waals surface area contributed by atoms with Crippen LogP contribution in [0.1, 0.15) is 19.2 Å². The van der Waals surface area contributed by atoms with Gasteiger partial charge in [-0.2, -0.15) is 0 Å². The van der Waals surface area contributed by atoms with Crippen molar-refractivity contribution in [2.45, 2.75) is 37.3 Å². The summed E-state index contributed by atoms with van der Waals surface area (Å²) in [5.74, 6) is 0.189. The molecule has 0 unspecified atom stereocenters. The smallest absolute Gasteiger partial charge is 0.325 e. The van der Waals surface area contributed by atoms with Crippen LogP contribution in [0.25, 0.3) is 0 Å².